The Labute approximate surface area is 109 Å². The Morgan fingerprint density at radius 2 is 2.37 bits per heavy atom. The number of nitrogen functional groups attached to an aromatic ring is 1. The molecule has 0 aliphatic heterocycles. The van der Waals surface area contributed by atoms with E-state index in [2.05, 4.69) is 25.7 Å². The second-order valence-electron chi connectivity index (χ2n) is 4.42. The Balaban J connectivity index is 1.83. The first kappa shape index (κ1) is 13.1. The van der Waals surface area contributed by atoms with Crippen molar-refractivity contribution in [2.45, 2.75) is 26.2 Å². The minimum atomic E-state index is -0.299. The first-order valence-corrected chi connectivity index (χ1v) is 5.98. The lowest BCUT2D eigenvalue weighted by Crippen LogP contribution is -2.25. The molecule has 19 heavy (non-hydrogen) atoms. The molecule has 0 unspecified atom stereocenters. The zero-order chi connectivity index (χ0) is 13.8. The summed E-state index contributed by atoms with van der Waals surface area (Å²) in [5, 5.41) is 12.9. The molecule has 2 rings (SSSR count). The van der Waals surface area contributed by atoms with E-state index in [1.165, 1.54) is 0 Å². The molecule has 2 aromatic heterocycles. The molecule has 0 aliphatic rings. The van der Waals surface area contributed by atoms with Crippen molar-refractivity contribution in [2.75, 3.05) is 12.3 Å². The Morgan fingerprint density at radius 3 is 2.95 bits per heavy atom. The van der Waals surface area contributed by atoms with Gasteiger partial charge in [0.15, 0.2) is 0 Å². The number of H-pyrrole nitrogens is 1. The van der Waals surface area contributed by atoms with Crippen LogP contribution in [0.3, 0.4) is 0 Å². The topological polar surface area (TPSA) is 123 Å². The monoisotopic (exact) mass is 264 g/mol. The fraction of sp³-hybridized carbons (Fsp3) is 0.455. The molecular formula is C11H16N6O2. The summed E-state index contributed by atoms with van der Waals surface area (Å²) in [4.78, 5) is 15.7. The molecule has 4 N–H and O–H groups in total. The minimum Gasteiger partial charge on any atom is -0.367 e. The van der Waals surface area contributed by atoms with Gasteiger partial charge in [0.25, 0.3) is 5.91 Å². The van der Waals surface area contributed by atoms with E-state index in [0.717, 1.165) is 5.69 Å². The second-order valence-corrected chi connectivity index (χ2v) is 4.42. The third-order valence-electron chi connectivity index (χ3n) is 2.54. The van der Waals surface area contributed by atoms with Crippen LogP contribution < -0.4 is 11.1 Å². The van der Waals surface area contributed by atoms with Gasteiger partial charge in [-0.25, -0.2) is 0 Å². The molecule has 8 nitrogen and oxygen atoms in total. The zero-order valence-corrected chi connectivity index (χ0v) is 10.8. The average Bonchev–Trinajstić information content (AvgIpc) is 2.98. The second kappa shape index (κ2) is 5.51. The first-order valence-electron chi connectivity index (χ1n) is 5.98. The van der Waals surface area contributed by atoms with Crippen LogP contribution >= 0.6 is 0 Å². The largest absolute Gasteiger partial charge is 0.367 e. The van der Waals surface area contributed by atoms with E-state index in [9.17, 15) is 4.79 Å². The van der Waals surface area contributed by atoms with Gasteiger partial charge in [-0.05, 0) is 5.92 Å². The van der Waals surface area contributed by atoms with Gasteiger partial charge >= 0.3 is 0 Å². The number of amides is 1. The van der Waals surface area contributed by atoms with E-state index < -0.39 is 0 Å². The lowest BCUT2D eigenvalue weighted by atomic mass is 10.1. The van der Waals surface area contributed by atoms with Crippen LogP contribution in [0.5, 0.6) is 0 Å². The van der Waals surface area contributed by atoms with E-state index in [1.54, 1.807) is 6.07 Å². The van der Waals surface area contributed by atoms with Crippen molar-refractivity contribution in [3.63, 3.8) is 0 Å². The highest BCUT2D eigenvalue weighted by Gasteiger charge is 2.14. The van der Waals surface area contributed by atoms with Crippen molar-refractivity contribution < 1.29 is 9.32 Å². The molecule has 0 saturated carbocycles. The van der Waals surface area contributed by atoms with E-state index in [4.69, 9.17) is 10.3 Å². The summed E-state index contributed by atoms with van der Waals surface area (Å²) in [6.07, 6.45) is 0.515. The fourth-order valence-electron chi connectivity index (χ4n) is 1.47. The van der Waals surface area contributed by atoms with E-state index in [-0.39, 0.29) is 23.5 Å². The number of rotatable bonds is 5. The lowest BCUT2D eigenvalue weighted by Gasteiger charge is -1.99. The molecule has 0 atom stereocenters. The maximum absolute atomic E-state index is 11.8. The number of hydrogen-bond donors (Lipinski definition) is 3. The number of nitrogens with two attached hydrogens (primary N) is 1. The maximum atomic E-state index is 11.8. The van der Waals surface area contributed by atoms with Crippen LogP contribution in [0.25, 0.3) is 0 Å². The highest BCUT2D eigenvalue weighted by atomic mass is 16.5. The number of nitrogens with zero attached hydrogens (tertiary/aromatic N) is 3. The van der Waals surface area contributed by atoms with Gasteiger partial charge in [0, 0.05) is 19.0 Å². The van der Waals surface area contributed by atoms with E-state index in [1.807, 2.05) is 13.8 Å². The Bertz CT molecular complexity index is 559. The number of aromatic nitrogens is 4. The zero-order valence-electron chi connectivity index (χ0n) is 10.8. The quantitative estimate of drug-likeness (QED) is 0.721. The maximum Gasteiger partial charge on any atom is 0.289 e. The predicted molar refractivity (Wildman–Crippen MR) is 67.4 cm³/mol. The molecule has 1 amide bonds. The van der Waals surface area contributed by atoms with Gasteiger partial charge in [-0.15, -0.1) is 5.10 Å². The van der Waals surface area contributed by atoms with Gasteiger partial charge < -0.3 is 15.6 Å². The van der Waals surface area contributed by atoms with Gasteiger partial charge in [-0.3, -0.25) is 9.89 Å². The Kier molecular flexibility index (Phi) is 3.79. The van der Waals surface area contributed by atoms with Crippen molar-refractivity contribution in [3.05, 3.63) is 23.3 Å². The Hall–Kier alpha value is -2.38. The molecule has 0 saturated heterocycles. The van der Waals surface area contributed by atoms with Gasteiger partial charge in [0.05, 0.1) is 5.69 Å². The van der Waals surface area contributed by atoms with Gasteiger partial charge in [0.1, 0.15) is 5.82 Å². The minimum absolute atomic E-state index is 0.193. The third-order valence-corrected chi connectivity index (χ3v) is 2.54. The summed E-state index contributed by atoms with van der Waals surface area (Å²) < 4.78 is 4.98. The predicted octanol–water partition coefficient (Wildman–Crippen LogP) is 0.471. The van der Waals surface area contributed by atoms with Crippen LogP contribution in [0, 0.1) is 0 Å². The van der Waals surface area contributed by atoms with Crippen molar-refractivity contribution in [1.29, 1.82) is 0 Å². The molecule has 0 aromatic carbocycles. The molecule has 0 spiro atoms. The van der Waals surface area contributed by atoms with Crippen LogP contribution in [0.4, 0.5) is 5.95 Å². The van der Waals surface area contributed by atoms with Crippen LogP contribution in [-0.4, -0.2) is 32.8 Å². The molecule has 102 valence electrons. The number of nitrogens with one attached hydrogen (secondary N) is 2. The third kappa shape index (κ3) is 3.30. The lowest BCUT2D eigenvalue weighted by molar-refractivity contribution is 0.0917. The van der Waals surface area contributed by atoms with Gasteiger partial charge in [-0.2, -0.15) is 4.98 Å². The number of carbonyl (C=O) groups is 1. The highest BCUT2D eigenvalue weighted by Crippen LogP contribution is 2.13. The SMILES string of the molecule is CC(C)c1cc(C(=O)NCCc2nc(N)n[nH]2)on1. The summed E-state index contributed by atoms with van der Waals surface area (Å²) in [6, 6.07) is 1.65. The van der Waals surface area contributed by atoms with E-state index in [0.29, 0.717) is 18.8 Å². The summed E-state index contributed by atoms with van der Waals surface area (Å²) in [6.45, 7) is 4.37. The van der Waals surface area contributed by atoms with Crippen molar-refractivity contribution in [2.24, 2.45) is 0 Å². The molecular weight excluding hydrogens is 248 g/mol. The molecule has 0 aliphatic carbocycles. The number of carbonyl (C=O) groups excluding carboxylic acids is 1. The normalized spacial score (nSPS) is 10.9. The molecule has 2 aromatic rings. The van der Waals surface area contributed by atoms with E-state index >= 15 is 0 Å². The van der Waals surface area contributed by atoms with Crippen molar-refractivity contribution in [1.82, 2.24) is 25.7 Å². The van der Waals surface area contributed by atoms with Crippen LogP contribution in [0.15, 0.2) is 10.6 Å². The summed E-state index contributed by atoms with van der Waals surface area (Å²) in [5.41, 5.74) is 6.13. The average molecular weight is 264 g/mol. The van der Waals surface area contributed by atoms with Crippen LogP contribution in [-0.2, 0) is 6.42 Å². The number of anilines is 1. The summed E-state index contributed by atoms with van der Waals surface area (Å²) in [7, 11) is 0. The summed E-state index contributed by atoms with van der Waals surface area (Å²) in [5.74, 6) is 0.950. The van der Waals surface area contributed by atoms with Crippen molar-refractivity contribution >= 4 is 11.9 Å². The van der Waals surface area contributed by atoms with Gasteiger partial charge in [0.2, 0.25) is 11.7 Å². The van der Waals surface area contributed by atoms with Crippen molar-refractivity contribution in [3.8, 4) is 0 Å². The summed E-state index contributed by atoms with van der Waals surface area (Å²) >= 11 is 0. The van der Waals surface area contributed by atoms with Crippen LogP contribution in [0.1, 0.15) is 41.8 Å². The molecule has 0 bridgehead atoms. The number of hydrogen-bond acceptors (Lipinski definition) is 6. The number of aromatic amines is 1. The highest BCUT2D eigenvalue weighted by molar-refractivity contribution is 5.91. The smallest absolute Gasteiger partial charge is 0.289 e. The van der Waals surface area contributed by atoms with Crippen LogP contribution in [0.2, 0.25) is 0 Å². The first-order chi connectivity index (χ1) is 9.06. The molecule has 0 fully saturated rings. The standard InChI is InChI=1S/C11H16N6O2/c1-6(2)7-5-8(19-17-7)10(18)13-4-3-9-14-11(12)16-15-9/h5-6H,3-4H2,1-2H3,(H,13,18)(H3,12,14,15,16). The Morgan fingerprint density at radius 1 is 1.58 bits per heavy atom. The molecule has 0 radical (unpaired) electrons. The molecule has 2 heterocycles. The van der Waals surface area contributed by atoms with Gasteiger partial charge in [-0.1, -0.05) is 19.0 Å². The molecule has 8 heteroatoms. The fourth-order valence-corrected chi connectivity index (χ4v) is 1.47.